The molecule has 7 heteroatoms. The zero-order chi connectivity index (χ0) is 21.1. The Labute approximate surface area is 185 Å². The number of benzene rings is 1. The molecule has 160 valence electrons. The first kappa shape index (κ1) is 21.3. The molecule has 1 aromatic heterocycles. The summed E-state index contributed by atoms with van der Waals surface area (Å²) < 4.78 is 0. The summed E-state index contributed by atoms with van der Waals surface area (Å²) in [5, 5.41) is 16.0. The number of carbonyl (C=O) groups excluding carboxylic acids is 1. The number of hydrogen-bond acceptors (Lipinski definition) is 4. The Kier molecular flexibility index (Phi) is 6.44. The Hall–Kier alpha value is -1.92. The van der Waals surface area contributed by atoms with Crippen molar-refractivity contribution in [2.75, 3.05) is 6.54 Å². The molecule has 1 saturated heterocycles. The lowest BCUT2D eigenvalue weighted by Crippen LogP contribution is -2.53. The topological polar surface area (TPSA) is 79.3 Å². The van der Waals surface area contributed by atoms with Gasteiger partial charge in [-0.15, -0.1) is 11.3 Å². The second-order valence-electron chi connectivity index (χ2n) is 8.46. The van der Waals surface area contributed by atoms with E-state index in [4.69, 9.17) is 16.6 Å². The van der Waals surface area contributed by atoms with Crippen LogP contribution in [-0.4, -0.2) is 28.5 Å². The average Bonchev–Trinajstić information content (AvgIpc) is 3.40. The van der Waals surface area contributed by atoms with Gasteiger partial charge >= 0.3 is 5.97 Å². The molecule has 0 bridgehead atoms. The molecule has 2 atom stereocenters. The van der Waals surface area contributed by atoms with Crippen molar-refractivity contribution in [2.45, 2.75) is 56.8 Å². The van der Waals surface area contributed by atoms with Gasteiger partial charge in [0, 0.05) is 22.5 Å². The Balaban J connectivity index is 1.84. The number of aromatic nitrogens is 1. The van der Waals surface area contributed by atoms with Crippen molar-refractivity contribution in [3.05, 3.63) is 39.7 Å². The van der Waals surface area contributed by atoms with Crippen LogP contribution >= 0.6 is 22.9 Å². The van der Waals surface area contributed by atoms with Gasteiger partial charge in [-0.2, -0.15) is 0 Å². The van der Waals surface area contributed by atoms with Crippen LogP contribution in [0.4, 0.5) is 0 Å². The SMILES string of the molecule is O=C(O)C[C@@]1(c2nc(-c3ccccc3Cl)cs2)C(=O)NCCCC[C@@H]1C1CCCC1. The number of halogens is 1. The van der Waals surface area contributed by atoms with Gasteiger partial charge in [-0.05, 0) is 30.7 Å². The molecular formula is C23H27ClN2O3S. The summed E-state index contributed by atoms with van der Waals surface area (Å²) >= 11 is 7.76. The highest BCUT2D eigenvalue weighted by Crippen LogP contribution is 2.49. The molecule has 1 aliphatic carbocycles. The zero-order valence-electron chi connectivity index (χ0n) is 16.9. The number of nitrogens with zero attached hydrogens (tertiary/aromatic N) is 1. The number of rotatable bonds is 5. The second-order valence-corrected chi connectivity index (χ2v) is 9.73. The molecule has 0 radical (unpaired) electrons. The van der Waals surface area contributed by atoms with E-state index in [9.17, 15) is 14.7 Å². The van der Waals surface area contributed by atoms with Crippen molar-refractivity contribution < 1.29 is 14.7 Å². The summed E-state index contributed by atoms with van der Waals surface area (Å²) in [6.45, 7) is 0.584. The third-order valence-corrected chi connectivity index (χ3v) is 8.05. The van der Waals surface area contributed by atoms with Gasteiger partial charge in [0.1, 0.15) is 10.4 Å². The maximum absolute atomic E-state index is 13.6. The first-order valence-corrected chi connectivity index (χ1v) is 12.0. The molecular weight excluding hydrogens is 420 g/mol. The number of amides is 1. The predicted molar refractivity (Wildman–Crippen MR) is 119 cm³/mol. The van der Waals surface area contributed by atoms with Gasteiger partial charge in [-0.1, -0.05) is 61.9 Å². The van der Waals surface area contributed by atoms with Gasteiger partial charge in [0.2, 0.25) is 5.91 Å². The largest absolute Gasteiger partial charge is 0.481 e. The zero-order valence-corrected chi connectivity index (χ0v) is 18.5. The van der Waals surface area contributed by atoms with Gasteiger partial charge in [0.15, 0.2) is 0 Å². The molecule has 4 rings (SSSR count). The highest BCUT2D eigenvalue weighted by Gasteiger charge is 2.53. The summed E-state index contributed by atoms with van der Waals surface area (Å²) in [5.41, 5.74) is 0.368. The number of carboxylic acid groups (broad SMARTS) is 1. The molecule has 0 unspecified atom stereocenters. The van der Waals surface area contributed by atoms with Crippen molar-refractivity contribution in [3.8, 4) is 11.3 Å². The van der Waals surface area contributed by atoms with Crippen molar-refractivity contribution in [2.24, 2.45) is 11.8 Å². The minimum absolute atomic E-state index is 0.0124. The summed E-state index contributed by atoms with van der Waals surface area (Å²) in [5.74, 6) is -0.785. The Morgan fingerprint density at radius 3 is 2.67 bits per heavy atom. The van der Waals surface area contributed by atoms with Crippen LogP contribution < -0.4 is 5.32 Å². The number of carboxylic acids is 1. The lowest BCUT2D eigenvalue weighted by atomic mass is 9.64. The molecule has 2 fully saturated rings. The molecule has 2 N–H and O–H groups in total. The summed E-state index contributed by atoms with van der Waals surface area (Å²) in [7, 11) is 0. The van der Waals surface area contributed by atoms with Crippen molar-refractivity contribution in [1.29, 1.82) is 0 Å². The highest BCUT2D eigenvalue weighted by molar-refractivity contribution is 7.10. The Morgan fingerprint density at radius 1 is 1.20 bits per heavy atom. The van der Waals surface area contributed by atoms with E-state index in [0.29, 0.717) is 28.2 Å². The van der Waals surface area contributed by atoms with Crippen LogP contribution in [0, 0.1) is 11.8 Å². The van der Waals surface area contributed by atoms with E-state index in [2.05, 4.69) is 5.32 Å². The predicted octanol–water partition coefficient (Wildman–Crippen LogP) is 5.28. The van der Waals surface area contributed by atoms with E-state index < -0.39 is 11.4 Å². The molecule has 0 spiro atoms. The minimum atomic E-state index is -1.13. The maximum atomic E-state index is 13.6. The molecule has 1 amide bonds. The molecule has 2 aromatic rings. The first-order chi connectivity index (χ1) is 14.5. The van der Waals surface area contributed by atoms with E-state index in [1.165, 1.54) is 11.3 Å². The monoisotopic (exact) mass is 446 g/mol. The van der Waals surface area contributed by atoms with Gasteiger partial charge in [0.05, 0.1) is 12.1 Å². The van der Waals surface area contributed by atoms with Crippen LogP contribution in [0.2, 0.25) is 5.02 Å². The van der Waals surface area contributed by atoms with Gasteiger partial charge in [-0.25, -0.2) is 4.98 Å². The van der Waals surface area contributed by atoms with Crippen molar-refractivity contribution in [1.82, 2.24) is 10.3 Å². The van der Waals surface area contributed by atoms with E-state index in [-0.39, 0.29) is 18.2 Å². The number of nitrogens with one attached hydrogen (secondary N) is 1. The fourth-order valence-electron chi connectivity index (χ4n) is 5.31. The van der Waals surface area contributed by atoms with Crippen LogP contribution in [-0.2, 0) is 15.0 Å². The minimum Gasteiger partial charge on any atom is -0.481 e. The van der Waals surface area contributed by atoms with Gasteiger partial charge in [0.25, 0.3) is 0 Å². The van der Waals surface area contributed by atoms with Crippen LogP contribution in [0.5, 0.6) is 0 Å². The second kappa shape index (κ2) is 9.06. The van der Waals surface area contributed by atoms with E-state index in [0.717, 1.165) is 50.5 Å². The fourth-order valence-corrected chi connectivity index (χ4v) is 6.63. The van der Waals surface area contributed by atoms with Crippen LogP contribution in [0.25, 0.3) is 11.3 Å². The van der Waals surface area contributed by atoms with Crippen LogP contribution in [0.3, 0.4) is 0 Å². The van der Waals surface area contributed by atoms with Crippen molar-refractivity contribution in [3.63, 3.8) is 0 Å². The molecule has 5 nitrogen and oxygen atoms in total. The normalized spacial score (nSPS) is 25.5. The molecule has 2 aliphatic rings. The standard InChI is InChI=1S/C23H27ClN2O3S/c24-18-11-4-3-9-16(18)19-14-30-22(26-19)23(13-20(27)28)17(15-7-1-2-8-15)10-5-6-12-25-21(23)29/h3-4,9,11,14-15,17H,1-2,5-8,10,12-13H2,(H,25,29)(H,27,28)/t17-,23+/m1/s1. The molecule has 1 aliphatic heterocycles. The molecule has 2 heterocycles. The van der Waals surface area contributed by atoms with Gasteiger partial charge in [-0.3, -0.25) is 9.59 Å². The Morgan fingerprint density at radius 2 is 1.93 bits per heavy atom. The fraction of sp³-hybridized carbons (Fsp3) is 0.522. The smallest absolute Gasteiger partial charge is 0.304 e. The molecule has 1 saturated carbocycles. The third kappa shape index (κ3) is 4.00. The molecule has 1 aromatic carbocycles. The average molecular weight is 447 g/mol. The van der Waals surface area contributed by atoms with E-state index in [1.807, 2.05) is 29.6 Å². The Bertz CT molecular complexity index is 925. The number of carbonyl (C=O) groups is 2. The van der Waals surface area contributed by atoms with Crippen molar-refractivity contribution >= 4 is 34.8 Å². The summed E-state index contributed by atoms with van der Waals surface area (Å²) in [4.78, 5) is 30.5. The highest BCUT2D eigenvalue weighted by atomic mass is 35.5. The summed E-state index contributed by atoms with van der Waals surface area (Å²) in [6.07, 6.45) is 6.97. The lowest BCUT2D eigenvalue weighted by Gasteiger charge is -2.41. The van der Waals surface area contributed by atoms with Gasteiger partial charge < -0.3 is 10.4 Å². The maximum Gasteiger partial charge on any atom is 0.304 e. The summed E-state index contributed by atoms with van der Waals surface area (Å²) in [6, 6.07) is 7.48. The first-order valence-electron chi connectivity index (χ1n) is 10.7. The van der Waals surface area contributed by atoms with E-state index in [1.54, 1.807) is 0 Å². The quantitative estimate of drug-likeness (QED) is 0.654. The number of hydrogen-bond donors (Lipinski definition) is 2. The molecule has 30 heavy (non-hydrogen) atoms. The van der Waals surface area contributed by atoms with Crippen LogP contribution in [0.1, 0.15) is 56.4 Å². The van der Waals surface area contributed by atoms with E-state index >= 15 is 0 Å². The van der Waals surface area contributed by atoms with Crippen LogP contribution in [0.15, 0.2) is 29.6 Å². The number of thiazole rings is 1. The number of aliphatic carboxylic acids is 1. The third-order valence-electron chi connectivity index (χ3n) is 6.70. The lowest BCUT2D eigenvalue weighted by molar-refractivity contribution is -0.145.